The topological polar surface area (TPSA) is 35.5 Å². The molecule has 1 fully saturated rings. The Morgan fingerprint density at radius 3 is 2.58 bits per heavy atom. The van der Waals surface area contributed by atoms with Gasteiger partial charge in [-0.05, 0) is 84.9 Å². The summed E-state index contributed by atoms with van der Waals surface area (Å²) >= 11 is 0. The van der Waals surface area contributed by atoms with Crippen LogP contribution in [0.5, 0.6) is 5.75 Å². The Balaban J connectivity index is 1.81. The van der Waals surface area contributed by atoms with E-state index in [1.165, 1.54) is 39.7 Å². The molecule has 0 heterocycles. The molecule has 0 radical (unpaired) electrons. The maximum absolute atomic E-state index is 13.1. The van der Waals surface area contributed by atoms with E-state index in [-0.39, 0.29) is 11.5 Å². The van der Waals surface area contributed by atoms with Gasteiger partial charge in [-0.15, -0.1) is 0 Å². The largest absolute Gasteiger partial charge is 0.497 e. The molecule has 0 aromatic heterocycles. The lowest BCUT2D eigenvalue weighted by molar-refractivity contribution is -0.119. The van der Waals surface area contributed by atoms with Crippen molar-refractivity contribution in [1.82, 2.24) is 0 Å². The van der Waals surface area contributed by atoms with Crippen molar-refractivity contribution in [3.8, 4) is 5.75 Å². The highest BCUT2D eigenvalue weighted by atomic mass is 31.0. The SMILES string of the molecule is COc1ccc2c(c1)CC[C@]1(C=O)C2=C(c2ccc(C)cc2)C[C@]2(C)[C@@H](OP)CC[C@H]21. The first-order valence-corrected chi connectivity index (χ1v) is 11.7. The normalized spacial score (nSPS) is 31.6. The lowest BCUT2D eigenvalue weighted by Crippen LogP contribution is -2.49. The molecule has 3 aliphatic rings. The van der Waals surface area contributed by atoms with E-state index in [2.05, 4.69) is 59.7 Å². The summed E-state index contributed by atoms with van der Waals surface area (Å²) in [4.78, 5) is 13.1. The predicted molar refractivity (Wildman–Crippen MR) is 128 cm³/mol. The molecule has 0 amide bonds. The second kappa shape index (κ2) is 7.57. The van der Waals surface area contributed by atoms with Gasteiger partial charge in [0, 0.05) is 14.9 Å². The number of aldehydes is 1. The van der Waals surface area contributed by atoms with E-state index in [1.54, 1.807) is 7.11 Å². The molecule has 1 unspecified atom stereocenters. The summed E-state index contributed by atoms with van der Waals surface area (Å²) in [6.07, 6.45) is 6.15. The van der Waals surface area contributed by atoms with Crippen molar-refractivity contribution in [2.75, 3.05) is 7.11 Å². The summed E-state index contributed by atoms with van der Waals surface area (Å²) in [5.74, 6) is 1.18. The van der Waals surface area contributed by atoms with Crippen molar-refractivity contribution in [1.29, 1.82) is 0 Å². The van der Waals surface area contributed by atoms with Gasteiger partial charge in [0.25, 0.3) is 0 Å². The number of carbonyl (C=O) groups is 1. The lowest BCUT2D eigenvalue weighted by atomic mass is 9.49. The highest BCUT2D eigenvalue weighted by molar-refractivity contribution is 7.09. The summed E-state index contributed by atoms with van der Waals surface area (Å²) in [6.45, 7) is 4.46. The van der Waals surface area contributed by atoms with Crippen molar-refractivity contribution < 1.29 is 14.1 Å². The molecule has 0 aliphatic heterocycles. The average Bonchev–Trinajstić information content (AvgIpc) is 3.14. The fourth-order valence-corrected chi connectivity index (χ4v) is 7.28. The Morgan fingerprint density at radius 1 is 1.13 bits per heavy atom. The summed E-state index contributed by atoms with van der Waals surface area (Å²) in [6, 6.07) is 15.2. The number of fused-ring (bicyclic) bond motifs is 5. The molecule has 3 nitrogen and oxygen atoms in total. The fraction of sp³-hybridized carbons (Fsp3) is 0.444. The quantitative estimate of drug-likeness (QED) is 0.435. The molecule has 0 saturated heterocycles. The van der Waals surface area contributed by atoms with Crippen LogP contribution in [0.3, 0.4) is 0 Å². The van der Waals surface area contributed by atoms with E-state index in [9.17, 15) is 4.79 Å². The van der Waals surface area contributed by atoms with Crippen LogP contribution in [-0.4, -0.2) is 19.5 Å². The van der Waals surface area contributed by atoms with Gasteiger partial charge in [-0.2, -0.15) is 0 Å². The first-order valence-electron chi connectivity index (χ1n) is 11.3. The highest BCUT2D eigenvalue weighted by Crippen LogP contribution is 2.67. The molecule has 5 atom stereocenters. The number of allylic oxidation sites excluding steroid dienone is 2. The van der Waals surface area contributed by atoms with Gasteiger partial charge in [-0.1, -0.05) is 42.8 Å². The van der Waals surface area contributed by atoms with Crippen LogP contribution in [0.25, 0.3) is 11.1 Å². The van der Waals surface area contributed by atoms with Gasteiger partial charge in [-0.25, -0.2) is 0 Å². The van der Waals surface area contributed by atoms with Gasteiger partial charge < -0.3 is 14.1 Å². The average molecular weight is 435 g/mol. The van der Waals surface area contributed by atoms with Crippen LogP contribution in [0.1, 0.15) is 54.9 Å². The monoisotopic (exact) mass is 434 g/mol. The second-order valence-electron chi connectivity index (χ2n) is 9.84. The van der Waals surface area contributed by atoms with E-state index >= 15 is 0 Å². The van der Waals surface area contributed by atoms with Gasteiger partial charge >= 0.3 is 0 Å². The standard InChI is InChI=1S/C27H31O3P/c1-17-4-6-18(7-5-17)22-15-26(2)23(10-11-24(26)30-31)27(16-28)13-12-19-14-20(29-3)8-9-21(19)25(22)27/h4-9,14,16,23-24H,10-13,15,31H2,1-3H3/t23-,24+,26+,27-/m1/s1. The summed E-state index contributed by atoms with van der Waals surface area (Å²) in [5, 5.41) is 0. The van der Waals surface area contributed by atoms with Crippen molar-refractivity contribution in [2.45, 2.75) is 52.1 Å². The minimum Gasteiger partial charge on any atom is -0.497 e. The lowest BCUT2D eigenvalue weighted by Gasteiger charge is -2.53. The molecule has 5 rings (SSSR count). The number of carbonyl (C=O) groups excluding carboxylic acids is 1. The van der Waals surface area contributed by atoms with Crippen LogP contribution in [0.15, 0.2) is 42.5 Å². The Kier molecular flexibility index (Phi) is 5.11. The zero-order chi connectivity index (χ0) is 21.8. The van der Waals surface area contributed by atoms with Gasteiger partial charge in [0.2, 0.25) is 0 Å². The summed E-state index contributed by atoms with van der Waals surface area (Å²) < 4.78 is 11.4. The number of methoxy groups -OCH3 is 1. The van der Waals surface area contributed by atoms with E-state index in [0.29, 0.717) is 5.92 Å². The van der Waals surface area contributed by atoms with Gasteiger partial charge in [0.1, 0.15) is 12.0 Å². The van der Waals surface area contributed by atoms with Gasteiger partial charge in [-0.3, -0.25) is 0 Å². The van der Waals surface area contributed by atoms with E-state index in [1.807, 2.05) is 6.07 Å². The number of rotatable bonds is 4. The third-order valence-corrected chi connectivity index (χ3v) is 8.69. The zero-order valence-electron chi connectivity index (χ0n) is 18.6. The van der Waals surface area contributed by atoms with E-state index in [0.717, 1.165) is 37.9 Å². The molecule has 4 heteroatoms. The zero-order valence-corrected chi connectivity index (χ0v) is 19.8. The maximum Gasteiger partial charge on any atom is 0.130 e. The molecule has 1 saturated carbocycles. The van der Waals surface area contributed by atoms with Crippen molar-refractivity contribution >= 4 is 26.9 Å². The smallest absolute Gasteiger partial charge is 0.130 e. The molecule has 0 spiro atoms. The van der Waals surface area contributed by atoms with Crippen LogP contribution in [0.4, 0.5) is 0 Å². The van der Waals surface area contributed by atoms with Crippen molar-refractivity contribution in [3.63, 3.8) is 0 Å². The first-order chi connectivity index (χ1) is 15.0. The number of benzene rings is 2. The molecule has 31 heavy (non-hydrogen) atoms. The van der Waals surface area contributed by atoms with Crippen LogP contribution in [-0.2, 0) is 15.7 Å². The van der Waals surface area contributed by atoms with Crippen molar-refractivity contribution in [2.24, 2.45) is 16.7 Å². The number of hydrogen-bond donors (Lipinski definition) is 0. The molecular formula is C27H31O3P. The molecule has 162 valence electrons. The predicted octanol–water partition coefficient (Wildman–Crippen LogP) is 6.04. The second-order valence-corrected chi connectivity index (χ2v) is 10.1. The first kappa shape index (κ1) is 20.9. The Labute approximate surface area is 187 Å². The third-order valence-electron chi connectivity index (χ3n) is 8.36. The van der Waals surface area contributed by atoms with Crippen LogP contribution in [0.2, 0.25) is 0 Å². The molecule has 2 aromatic rings. The fourth-order valence-electron chi connectivity index (χ4n) is 6.84. The van der Waals surface area contributed by atoms with E-state index < -0.39 is 5.41 Å². The maximum atomic E-state index is 13.1. The van der Waals surface area contributed by atoms with Crippen LogP contribution >= 0.6 is 9.47 Å². The Morgan fingerprint density at radius 2 is 1.90 bits per heavy atom. The van der Waals surface area contributed by atoms with Gasteiger partial charge in [0.05, 0.1) is 18.6 Å². The molecule has 0 bridgehead atoms. The number of aryl methyl sites for hydroxylation is 2. The van der Waals surface area contributed by atoms with Crippen LogP contribution in [0, 0.1) is 23.7 Å². The molecule has 0 N–H and O–H groups in total. The Hall–Kier alpha value is -1.96. The Bertz CT molecular complexity index is 1060. The number of ether oxygens (including phenoxy) is 1. The minimum absolute atomic E-state index is 0.0592. The highest BCUT2D eigenvalue weighted by Gasteiger charge is 2.61. The van der Waals surface area contributed by atoms with E-state index in [4.69, 9.17) is 9.26 Å². The summed E-state index contributed by atoms with van der Waals surface area (Å²) in [7, 11) is 4.20. The molecule has 3 aliphatic carbocycles. The number of hydrogen-bond acceptors (Lipinski definition) is 3. The molecule has 2 aromatic carbocycles. The van der Waals surface area contributed by atoms with Crippen molar-refractivity contribution in [3.05, 3.63) is 64.7 Å². The van der Waals surface area contributed by atoms with Crippen LogP contribution < -0.4 is 4.74 Å². The van der Waals surface area contributed by atoms with Gasteiger partial charge in [0.15, 0.2) is 0 Å². The third kappa shape index (κ3) is 2.97. The minimum atomic E-state index is -0.466. The molecular weight excluding hydrogens is 403 g/mol. The summed E-state index contributed by atoms with van der Waals surface area (Å²) in [5.41, 5.74) is 7.03.